The Morgan fingerprint density at radius 1 is 1.40 bits per heavy atom. The highest BCUT2D eigenvalue weighted by Gasteiger charge is 2.01. The van der Waals surface area contributed by atoms with Crippen LogP contribution in [0.15, 0.2) is 36.9 Å². The third kappa shape index (κ3) is 5.01. The van der Waals surface area contributed by atoms with Crippen LogP contribution in [0.25, 0.3) is 0 Å². The summed E-state index contributed by atoms with van der Waals surface area (Å²) < 4.78 is 0. The van der Waals surface area contributed by atoms with E-state index in [1.807, 2.05) is 18.2 Å². The molecule has 0 spiro atoms. The smallest absolute Gasteiger partial charge is 0.0406 e. The summed E-state index contributed by atoms with van der Waals surface area (Å²) in [6, 6.07) is 8.52. The van der Waals surface area contributed by atoms with Crippen LogP contribution < -0.4 is 5.32 Å². The molecule has 1 nitrogen and oxygen atoms in total. The van der Waals surface area contributed by atoms with Crippen LogP contribution in [0.4, 0.5) is 0 Å². The minimum Gasteiger partial charge on any atom is -0.314 e. The first-order valence-corrected chi connectivity index (χ1v) is 5.69. The van der Waals surface area contributed by atoms with Gasteiger partial charge in [-0.25, -0.2) is 0 Å². The molecule has 1 unspecified atom stereocenters. The van der Waals surface area contributed by atoms with Crippen molar-refractivity contribution in [2.24, 2.45) is 0 Å². The summed E-state index contributed by atoms with van der Waals surface area (Å²) >= 11 is 5.82. The van der Waals surface area contributed by atoms with Gasteiger partial charge in [-0.05, 0) is 44.0 Å². The Morgan fingerprint density at radius 2 is 2.07 bits per heavy atom. The lowest BCUT2D eigenvalue weighted by Gasteiger charge is -2.13. The first-order valence-electron chi connectivity index (χ1n) is 5.31. The molecule has 1 N–H and O–H groups in total. The number of benzene rings is 1. The van der Waals surface area contributed by atoms with Gasteiger partial charge in [0.2, 0.25) is 0 Å². The molecule has 0 aliphatic heterocycles. The van der Waals surface area contributed by atoms with Gasteiger partial charge in [0.15, 0.2) is 0 Å². The van der Waals surface area contributed by atoms with Gasteiger partial charge in [0.25, 0.3) is 0 Å². The zero-order valence-corrected chi connectivity index (χ0v) is 9.93. The molecule has 15 heavy (non-hydrogen) atoms. The van der Waals surface area contributed by atoms with Crippen molar-refractivity contribution in [3.05, 3.63) is 47.5 Å². The largest absolute Gasteiger partial charge is 0.314 e. The van der Waals surface area contributed by atoms with Gasteiger partial charge < -0.3 is 5.32 Å². The summed E-state index contributed by atoms with van der Waals surface area (Å²) in [5, 5.41) is 4.24. The van der Waals surface area contributed by atoms with E-state index in [2.05, 4.69) is 31.0 Å². The van der Waals surface area contributed by atoms with Gasteiger partial charge in [0, 0.05) is 11.1 Å². The Hall–Kier alpha value is -0.790. The topological polar surface area (TPSA) is 12.0 Å². The Labute approximate surface area is 97.1 Å². The lowest BCUT2D eigenvalue weighted by Crippen LogP contribution is -2.28. The molecule has 1 rings (SSSR count). The fourth-order valence-electron chi connectivity index (χ4n) is 1.48. The second-order valence-corrected chi connectivity index (χ2v) is 4.20. The summed E-state index contributed by atoms with van der Waals surface area (Å²) in [5.41, 5.74) is 1.32. The molecule has 0 radical (unpaired) electrons. The first kappa shape index (κ1) is 12.3. The Balaban J connectivity index is 2.34. The molecule has 0 aromatic heterocycles. The van der Waals surface area contributed by atoms with Gasteiger partial charge in [0.1, 0.15) is 0 Å². The minimum atomic E-state index is 0.492. The number of hydrogen-bond donors (Lipinski definition) is 1. The van der Waals surface area contributed by atoms with Crippen LogP contribution in [0, 0.1) is 0 Å². The number of hydrogen-bond acceptors (Lipinski definition) is 1. The van der Waals surface area contributed by atoms with Crippen LogP contribution in [-0.4, -0.2) is 12.6 Å². The molecule has 1 atom stereocenters. The van der Waals surface area contributed by atoms with Crippen molar-refractivity contribution in [3.8, 4) is 0 Å². The molecule has 0 saturated heterocycles. The van der Waals surface area contributed by atoms with Crippen molar-refractivity contribution < 1.29 is 0 Å². The standard InChI is InChI=1S/C13H18ClN/c1-3-4-9-15-11(2)10-12-5-7-13(14)8-6-12/h3,5-8,11,15H,1,4,9-10H2,2H3. The van der Waals surface area contributed by atoms with Crippen molar-refractivity contribution in [1.29, 1.82) is 0 Å². The molecule has 0 aliphatic rings. The van der Waals surface area contributed by atoms with Crippen molar-refractivity contribution in [2.45, 2.75) is 25.8 Å². The molecule has 0 aliphatic carbocycles. The second kappa shape index (κ2) is 6.65. The van der Waals surface area contributed by atoms with Crippen molar-refractivity contribution >= 4 is 11.6 Å². The van der Waals surface area contributed by atoms with E-state index in [-0.39, 0.29) is 0 Å². The molecule has 82 valence electrons. The van der Waals surface area contributed by atoms with Crippen molar-refractivity contribution in [1.82, 2.24) is 5.32 Å². The molecule has 0 fully saturated rings. The minimum absolute atomic E-state index is 0.492. The van der Waals surface area contributed by atoms with Gasteiger partial charge in [-0.3, -0.25) is 0 Å². The molecule has 0 heterocycles. The molecule has 0 saturated carbocycles. The number of nitrogens with one attached hydrogen (secondary N) is 1. The summed E-state index contributed by atoms with van der Waals surface area (Å²) in [5.74, 6) is 0. The fraction of sp³-hybridized carbons (Fsp3) is 0.385. The van der Waals surface area contributed by atoms with E-state index in [0.717, 1.165) is 24.4 Å². The van der Waals surface area contributed by atoms with Crippen molar-refractivity contribution in [2.75, 3.05) is 6.54 Å². The van der Waals surface area contributed by atoms with Crippen molar-refractivity contribution in [3.63, 3.8) is 0 Å². The highest BCUT2D eigenvalue weighted by atomic mass is 35.5. The third-order valence-electron chi connectivity index (χ3n) is 2.30. The highest BCUT2D eigenvalue weighted by Crippen LogP contribution is 2.10. The van der Waals surface area contributed by atoms with Crippen LogP contribution in [0.2, 0.25) is 5.02 Å². The van der Waals surface area contributed by atoms with Gasteiger partial charge in [-0.1, -0.05) is 29.8 Å². The van der Waals surface area contributed by atoms with Crippen LogP contribution in [0.1, 0.15) is 18.9 Å². The maximum Gasteiger partial charge on any atom is 0.0406 e. The molecular formula is C13H18ClN. The van der Waals surface area contributed by atoms with Crippen LogP contribution in [0.3, 0.4) is 0 Å². The molecular weight excluding hydrogens is 206 g/mol. The maximum atomic E-state index is 5.82. The van der Waals surface area contributed by atoms with E-state index < -0.39 is 0 Å². The zero-order valence-electron chi connectivity index (χ0n) is 9.17. The van der Waals surface area contributed by atoms with E-state index in [9.17, 15) is 0 Å². The second-order valence-electron chi connectivity index (χ2n) is 3.76. The SMILES string of the molecule is C=CCCNC(C)Cc1ccc(Cl)cc1. The highest BCUT2D eigenvalue weighted by molar-refractivity contribution is 6.30. The normalized spacial score (nSPS) is 12.4. The summed E-state index contributed by atoms with van der Waals surface area (Å²) in [7, 11) is 0. The summed E-state index contributed by atoms with van der Waals surface area (Å²) in [4.78, 5) is 0. The number of rotatable bonds is 6. The monoisotopic (exact) mass is 223 g/mol. The van der Waals surface area contributed by atoms with Gasteiger partial charge >= 0.3 is 0 Å². The fourth-order valence-corrected chi connectivity index (χ4v) is 1.60. The first-order chi connectivity index (χ1) is 7.22. The van der Waals surface area contributed by atoms with Gasteiger partial charge in [-0.15, -0.1) is 6.58 Å². The quantitative estimate of drug-likeness (QED) is 0.576. The lowest BCUT2D eigenvalue weighted by molar-refractivity contribution is 0.552. The predicted molar refractivity (Wildman–Crippen MR) is 67.4 cm³/mol. The van der Waals surface area contributed by atoms with Crippen LogP contribution in [0.5, 0.6) is 0 Å². The zero-order chi connectivity index (χ0) is 11.1. The number of halogens is 1. The average Bonchev–Trinajstić information content (AvgIpc) is 2.22. The maximum absolute atomic E-state index is 5.82. The molecule has 0 bridgehead atoms. The lowest BCUT2D eigenvalue weighted by atomic mass is 10.1. The summed E-state index contributed by atoms with van der Waals surface area (Å²) in [6.07, 6.45) is 3.99. The summed E-state index contributed by atoms with van der Waals surface area (Å²) in [6.45, 7) is 6.89. The van der Waals surface area contributed by atoms with Crippen LogP contribution in [-0.2, 0) is 6.42 Å². The Morgan fingerprint density at radius 3 is 2.67 bits per heavy atom. The predicted octanol–water partition coefficient (Wildman–Crippen LogP) is 3.44. The average molecular weight is 224 g/mol. The van der Waals surface area contributed by atoms with Crippen LogP contribution >= 0.6 is 11.6 Å². The Bertz CT molecular complexity index is 292. The molecule has 1 aromatic rings. The van der Waals surface area contributed by atoms with Gasteiger partial charge in [0.05, 0.1) is 0 Å². The van der Waals surface area contributed by atoms with E-state index in [1.165, 1.54) is 5.56 Å². The van der Waals surface area contributed by atoms with E-state index in [1.54, 1.807) is 0 Å². The third-order valence-corrected chi connectivity index (χ3v) is 2.55. The molecule has 0 amide bonds. The molecule has 1 aromatic carbocycles. The Kier molecular flexibility index (Phi) is 5.44. The van der Waals surface area contributed by atoms with E-state index in [4.69, 9.17) is 11.6 Å². The van der Waals surface area contributed by atoms with Gasteiger partial charge in [-0.2, -0.15) is 0 Å². The van der Waals surface area contributed by atoms with E-state index in [0.29, 0.717) is 6.04 Å². The molecule has 2 heteroatoms. The van der Waals surface area contributed by atoms with E-state index >= 15 is 0 Å².